The van der Waals surface area contributed by atoms with Gasteiger partial charge in [0.25, 0.3) is 6.71 Å². The van der Waals surface area contributed by atoms with Gasteiger partial charge in [-0.3, -0.25) is 0 Å². The SMILES string of the molecule is Cc1cc2c3c(c1)N(c1ccc4c(c1)C(C)(C)c1ccccc1-4)c1ccc(C(C)(C)C)cc1B3c1cc(C(C)(C)C)ccc1N2c1ccc(C2=CCCc3oc4ccccc4c32)cc1. The van der Waals surface area contributed by atoms with Crippen LogP contribution in [0.2, 0.25) is 0 Å². The highest BCUT2D eigenvalue weighted by Crippen LogP contribution is 2.52. The predicted molar refractivity (Wildman–Crippen MR) is 272 cm³/mol. The Kier molecular flexibility index (Phi) is 8.25. The van der Waals surface area contributed by atoms with Gasteiger partial charge >= 0.3 is 0 Å². The normalized spacial score (nSPS) is 15.6. The molecule has 2 aliphatic heterocycles. The molecule has 0 N–H and O–H groups in total. The third-order valence-corrected chi connectivity index (χ3v) is 14.9. The number of allylic oxidation sites excluding steroid dienone is 1. The van der Waals surface area contributed by atoms with Crippen LogP contribution in [-0.4, -0.2) is 6.71 Å². The Balaban J connectivity index is 1.08. The van der Waals surface area contributed by atoms with Crippen molar-refractivity contribution in [2.24, 2.45) is 0 Å². The number of para-hydroxylation sites is 1. The fraction of sp³-hybridized carbons (Fsp3) is 0.233. The van der Waals surface area contributed by atoms with E-state index in [0.717, 1.165) is 29.9 Å². The van der Waals surface area contributed by atoms with Crippen molar-refractivity contribution in [2.45, 2.75) is 91.4 Å². The molecule has 2 aliphatic carbocycles. The molecule has 314 valence electrons. The molecular weight excluding hydrogens is 775 g/mol. The Hall–Kier alpha value is -6.52. The first kappa shape index (κ1) is 39.1. The fourth-order valence-electron chi connectivity index (χ4n) is 11.5. The molecule has 0 fully saturated rings. The predicted octanol–water partition coefficient (Wildman–Crippen LogP) is 14.1. The van der Waals surface area contributed by atoms with Gasteiger partial charge in [-0.25, -0.2) is 0 Å². The molecule has 12 rings (SSSR count). The fourth-order valence-corrected chi connectivity index (χ4v) is 11.5. The summed E-state index contributed by atoms with van der Waals surface area (Å²) in [7, 11) is 0. The van der Waals surface area contributed by atoms with Crippen LogP contribution in [0.25, 0.3) is 27.7 Å². The Bertz CT molecular complexity index is 3290. The second kappa shape index (κ2) is 13.5. The topological polar surface area (TPSA) is 19.6 Å². The van der Waals surface area contributed by atoms with Crippen LogP contribution in [0.5, 0.6) is 0 Å². The van der Waals surface area contributed by atoms with Crippen molar-refractivity contribution in [1.82, 2.24) is 0 Å². The highest BCUT2D eigenvalue weighted by Gasteiger charge is 2.45. The van der Waals surface area contributed by atoms with Gasteiger partial charge < -0.3 is 14.2 Å². The van der Waals surface area contributed by atoms with E-state index >= 15 is 0 Å². The van der Waals surface area contributed by atoms with Crippen LogP contribution in [-0.2, 0) is 22.7 Å². The Morgan fingerprint density at radius 1 is 0.578 bits per heavy atom. The Morgan fingerprint density at radius 3 is 1.84 bits per heavy atom. The summed E-state index contributed by atoms with van der Waals surface area (Å²) in [6, 6.07) is 53.6. The van der Waals surface area contributed by atoms with E-state index in [4.69, 9.17) is 4.42 Å². The lowest BCUT2D eigenvalue weighted by Gasteiger charge is -2.45. The molecule has 3 heterocycles. The number of rotatable bonds is 3. The van der Waals surface area contributed by atoms with Crippen LogP contribution in [0.1, 0.15) is 107 Å². The molecule has 8 aromatic rings. The maximum absolute atomic E-state index is 6.41. The monoisotopic (exact) mass is 830 g/mol. The summed E-state index contributed by atoms with van der Waals surface area (Å²) in [4.78, 5) is 5.15. The van der Waals surface area contributed by atoms with Gasteiger partial charge in [-0.15, -0.1) is 0 Å². The summed E-state index contributed by atoms with van der Waals surface area (Å²) in [6.07, 6.45) is 4.31. The molecular formula is C60H55BN2O. The molecule has 0 saturated heterocycles. The van der Waals surface area contributed by atoms with Gasteiger partial charge in [-0.2, -0.15) is 0 Å². The van der Waals surface area contributed by atoms with Crippen molar-refractivity contribution in [3.63, 3.8) is 0 Å². The van der Waals surface area contributed by atoms with Gasteiger partial charge in [-0.05, 0) is 145 Å². The van der Waals surface area contributed by atoms with Crippen LogP contribution >= 0.6 is 0 Å². The largest absolute Gasteiger partial charge is 0.460 e. The average molecular weight is 831 g/mol. The molecule has 0 amide bonds. The summed E-state index contributed by atoms with van der Waals surface area (Å²) in [6.45, 7) is 21.1. The highest BCUT2D eigenvalue weighted by molar-refractivity contribution is 7.00. The zero-order valence-electron chi connectivity index (χ0n) is 38.7. The summed E-state index contributed by atoms with van der Waals surface area (Å²) in [5.41, 5.74) is 25.4. The van der Waals surface area contributed by atoms with Crippen molar-refractivity contribution >= 4 is 73.8 Å². The van der Waals surface area contributed by atoms with Crippen molar-refractivity contribution in [3.8, 4) is 11.1 Å². The van der Waals surface area contributed by atoms with E-state index in [2.05, 4.69) is 218 Å². The summed E-state index contributed by atoms with van der Waals surface area (Å²) < 4.78 is 6.41. The molecule has 0 spiro atoms. The third kappa shape index (κ3) is 5.67. The molecule has 7 aromatic carbocycles. The highest BCUT2D eigenvalue weighted by atomic mass is 16.3. The van der Waals surface area contributed by atoms with Crippen molar-refractivity contribution in [2.75, 3.05) is 9.80 Å². The second-order valence-electron chi connectivity index (χ2n) is 21.4. The minimum atomic E-state index is -0.115. The van der Waals surface area contributed by atoms with Crippen molar-refractivity contribution in [3.05, 3.63) is 190 Å². The van der Waals surface area contributed by atoms with Gasteiger partial charge in [0.2, 0.25) is 0 Å². The first-order valence-corrected chi connectivity index (χ1v) is 23.3. The number of benzene rings is 7. The molecule has 0 bridgehead atoms. The first-order chi connectivity index (χ1) is 30.7. The van der Waals surface area contributed by atoms with Gasteiger partial charge in [0, 0.05) is 56.9 Å². The lowest BCUT2D eigenvalue weighted by atomic mass is 9.33. The maximum Gasteiger partial charge on any atom is 0.252 e. The first-order valence-electron chi connectivity index (χ1n) is 23.3. The molecule has 0 atom stereocenters. The van der Waals surface area contributed by atoms with Crippen LogP contribution < -0.4 is 26.2 Å². The van der Waals surface area contributed by atoms with Crippen molar-refractivity contribution < 1.29 is 4.42 Å². The number of anilines is 6. The number of fused-ring (bicyclic) bond motifs is 10. The number of hydrogen-bond acceptors (Lipinski definition) is 3. The second-order valence-corrected chi connectivity index (χ2v) is 21.4. The van der Waals surface area contributed by atoms with Crippen molar-refractivity contribution in [1.29, 1.82) is 0 Å². The summed E-state index contributed by atoms with van der Waals surface area (Å²) in [5, 5.41) is 1.19. The number of nitrogens with zero attached hydrogens (tertiary/aromatic N) is 2. The zero-order chi connectivity index (χ0) is 44.0. The minimum absolute atomic E-state index is 0.0184. The number of furan rings is 1. The van der Waals surface area contributed by atoms with Crippen LogP contribution in [0.15, 0.2) is 150 Å². The quantitative estimate of drug-likeness (QED) is 0.165. The van der Waals surface area contributed by atoms with E-state index < -0.39 is 0 Å². The third-order valence-electron chi connectivity index (χ3n) is 14.9. The summed E-state index contributed by atoms with van der Waals surface area (Å²) >= 11 is 0. The molecule has 1 aromatic heterocycles. The van der Waals surface area contributed by atoms with Crippen LogP contribution in [0, 0.1) is 6.92 Å². The minimum Gasteiger partial charge on any atom is -0.460 e. The van der Waals surface area contributed by atoms with Gasteiger partial charge in [0.05, 0.1) is 0 Å². The smallest absolute Gasteiger partial charge is 0.252 e. The van der Waals surface area contributed by atoms with Gasteiger partial charge in [0.1, 0.15) is 11.3 Å². The lowest BCUT2D eigenvalue weighted by molar-refractivity contribution is 0.545. The molecule has 4 heteroatoms. The Morgan fingerprint density at radius 2 is 1.17 bits per heavy atom. The van der Waals surface area contributed by atoms with E-state index in [1.165, 1.54) is 106 Å². The van der Waals surface area contributed by atoms with Crippen LogP contribution in [0.4, 0.5) is 34.1 Å². The molecule has 0 unspecified atom stereocenters. The van der Waals surface area contributed by atoms with Gasteiger partial charge in [-0.1, -0.05) is 146 Å². The summed E-state index contributed by atoms with van der Waals surface area (Å²) in [5.74, 6) is 1.09. The van der Waals surface area contributed by atoms with E-state index in [1.807, 2.05) is 0 Å². The number of aryl methyl sites for hydroxylation is 2. The van der Waals surface area contributed by atoms with Gasteiger partial charge in [0.15, 0.2) is 0 Å². The molecule has 0 radical (unpaired) electrons. The van der Waals surface area contributed by atoms with E-state index in [9.17, 15) is 0 Å². The molecule has 4 aliphatic rings. The van der Waals surface area contributed by atoms with E-state index in [0.29, 0.717) is 0 Å². The maximum atomic E-state index is 6.41. The standard InChI is InChI=1S/C60H55BN2O/c1-36-31-52-57-53(32-36)63(41-27-28-44-43-15-10-12-18-46(43)60(8,9)47(44)35-41)51-30-24-39(59(5,6)7)34-49(51)61(57)48-33-38(58(2,3)4)23-29-50(48)62(52)40-25-21-37(22-26-40)42-17-14-20-55-56(42)45-16-11-13-19-54(45)64-55/h10-13,15-19,21-35H,14,20H2,1-9H3. The van der Waals surface area contributed by atoms with E-state index in [-0.39, 0.29) is 23.0 Å². The van der Waals surface area contributed by atoms with Crippen LogP contribution in [0.3, 0.4) is 0 Å². The number of hydrogen-bond donors (Lipinski definition) is 0. The zero-order valence-corrected chi connectivity index (χ0v) is 38.7. The molecule has 3 nitrogen and oxygen atoms in total. The average Bonchev–Trinajstić information content (AvgIpc) is 3.77. The molecule has 64 heavy (non-hydrogen) atoms. The lowest BCUT2D eigenvalue weighted by Crippen LogP contribution is -2.61. The molecule has 0 saturated carbocycles. The van der Waals surface area contributed by atoms with E-state index in [1.54, 1.807) is 0 Å². The Labute approximate surface area is 379 Å².